The Balaban J connectivity index is 1.68. The molecule has 1 aliphatic rings. The molecule has 2 aromatic rings. The van der Waals surface area contributed by atoms with E-state index >= 15 is 0 Å². The smallest absolute Gasteiger partial charge is 0.251 e. The number of hydrogen-bond donors (Lipinski definition) is 1. The molecule has 1 saturated heterocycles. The minimum Gasteiger partial charge on any atom is -0.349 e. The number of sulfonamides is 1. The number of hydrogen-bond acceptors (Lipinski definition) is 5. The summed E-state index contributed by atoms with van der Waals surface area (Å²) in [5.41, 5.74) is 2.02. The standard InChI is InChI=1S/C23H26N4O3S/c1-2-11-25-23(28)21-5-3-6-22(16-21)31(29,30)27-13-4-12-26(14-15-27)18-20-9-7-19(17-24)8-10-20/h2-3,5-10,16H,1,4,11-15,18H2,(H,25,28). The number of nitrogens with one attached hydrogen (secondary N) is 1. The fourth-order valence-corrected chi connectivity index (χ4v) is 5.02. The average molecular weight is 439 g/mol. The van der Waals surface area contributed by atoms with E-state index in [4.69, 9.17) is 5.26 Å². The van der Waals surface area contributed by atoms with E-state index in [0.29, 0.717) is 43.9 Å². The molecule has 1 heterocycles. The number of nitriles is 1. The Morgan fingerprint density at radius 3 is 2.61 bits per heavy atom. The van der Waals surface area contributed by atoms with Gasteiger partial charge in [-0.1, -0.05) is 24.3 Å². The molecule has 3 rings (SSSR count). The van der Waals surface area contributed by atoms with Crippen molar-refractivity contribution in [2.75, 3.05) is 32.7 Å². The fraction of sp³-hybridized carbons (Fsp3) is 0.304. The molecule has 0 aromatic heterocycles. The largest absolute Gasteiger partial charge is 0.349 e. The van der Waals surface area contributed by atoms with E-state index in [0.717, 1.165) is 18.5 Å². The van der Waals surface area contributed by atoms with Crippen LogP contribution in [0.25, 0.3) is 0 Å². The van der Waals surface area contributed by atoms with Crippen LogP contribution in [0.1, 0.15) is 27.9 Å². The Morgan fingerprint density at radius 2 is 1.90 bits per heavy atom. The molecule has 7 nitrogen and oxygen atoms in total. The molecule has 8 heteroatoms. The van der Waals surface area contributed by atoms with Gasteiger partial charge in [-0.15, -0.1) is 6.58 Å². The van der Waals surface area contributed by atoms with Gasteiger partial charge in [0, 0.05) is 38.3 Å². The third-order valence-electron chi connectivity index (χ3n) is 5.18. The molecule has 1 fully saturated rings. The van der Waals surface area contributed by atoms with Gasteiger partial charge in [-0.25, -0.2) is 8.42 Å². The topological polar surface area (TPSA) is 93.5 Å². The molecule has 1 amide bonds. The molecule has 0 unspecified atom stereocenters. The van der Waals surface area contributed by atoms with E-state index in [2.05, 4.69) is 22.9 Å². The monoisotopic (exact) mass is 438 g/mol. The molecule has 162 valence electrons. The first-order valence-electron chi connectivity index (χ1n) is 10.1. The van der Waals surface area contributed by atoms with Gasteiger partial charge >= 0.3 is 0 Å². The second kappa shape index (κ2) is 10.4. The molecule has 0 atom stereocenters. The van der Waals surface area contributed by atoms with Crippen molar-refractivity contribution in [1.82, 2.24) is 14.5 Å². The number of nitrogens with zero attached hydrogens (tertiary/aromatic N) is 3. The van der Waals surface area contributed by atoms with E-state index in [9.17, 15) is 13.2 Å². The van der Waals surface area contributed by atoms with Gasteiger partial charge in [0.25, 0.3) is 5.91 Å². The van der Waals surface area contributed by atoms with Gasteiger partial charge in [0.2, 0.25) is 10.0 Å². The van der Waals surface area contributed by atoms with Gasteiger partial charge in [0.1, 0.15) is 0 Å². The van der Waals surface area contributed by atoms with Crippen molar-refractivity contribution < 1.29 is 13.2 Å². The molecule has 31 heavy (non-hydrogen) atoms. The van der Waals surface area contributed by atoms with E-state index in [1.165, 1.54) is 16.4 Å². The molecule has 2 aromatic carbocycles. The van der Waals surface area contributed by atoms with Gasteiger partial charge in [0.05, 0.1) is 16.5 Å². The molecule has 0 saturated carbocycles. The molecule has 1 N–H and O–H groups in total. The Bertz CT molecular complexity index is 1070. The van der Waals surface area contributed by atoms with Crippen molar-refractivity contribution in [1.29, 1.82) is 5.26 Å². The van der Waals surface area contributed by atoms with E-state index in [1.807, 2.05) is 12.1 Å². The second-order valence-corrected chi connectivity index (χ2v) is 9.31. The number of benzene rings is 2. The first kappa shape index (κ1) is 22.7. The molecule has 1 aliphatic heterocycles. The van der Waals surface area contributed by atoms with Gasteiger partial charge < -0.3 is 5.32 Å². The molecular formula is C23H26N4O3S. The van der Waals surface area contributed by atoms with Crippen LogP contribution < -0.4 is 5.32 Å². The maximum absolute atomic E-state index is 13.2. The predicted octanol–water partition coefficient (Wildman–Crippen LogP) is 2.37. The highest BCUT2D eigenvalue weighted by molar-refractivity contribution is 7.89. The summed E-state index contributed by atoms with van der Waals surface area (Å²) >= 11 is 0. The van der Waals surface area contributed by atoms with Gasteiger partial charge in [-0.05, 0) is 48.9 Å². The zero-order valence-corrected chi connectivity index (χ0v) is 18.1. The van der Waals surface area contributed by atoms with Crippen LogP contribution in [0.2, 0.25) is 0 Å². The van der Waals surface area contributed by atoms with Crippen LogP contribution >= 0.6 is 0 Å². The summed E-state index contributed by atoms with van der Waals surface area (Å²) in [5, 5.41) is 11.6. The average Bonchev–Trinajstić information content (AvgIpc) is 3.04. The minimum atomic E-state index is -3.70. The Labute approximate surface area is 183 Å². The van der Waals surface area contributed by atoms with Crippen LogP contribution in [0, 0.1) is 11.3 Å². The summed E-state index contributed by atoms with van der Waals surface area (Å²) in [5.74, 6) is -0.332. The van der Waals surface area contributed by atoms with Crippen molar-refractivity contribution in [3.63, 3.8) is 0 Å². The second-order valence-electron chi connectivity index (χ2n) is 7.37. The van der Waals surface area contributed by atoms with E-state index < -0.39 is 10.0 Å². The van der Waals surface area contributed by atoms with Crippen molar-refractivity contribution >= 4 is 15.9 Å². The lowest BCUT2D eigenvalue weighted by molar-refractivity contribution is 0.0958. The summed E-state index contributed by atoms with van der Waals surface area (Å²) in [6, 6.07) is 15.7. The summed E-state index contributed by atoms with van der Waals surface area (Å²) in [4.78, 5) is 14.5. The third-order valence-corrected chi connectivity index (χ3v) is 7.07. The van der Waals surface area contributed by atoms with Gasteiger partial charge in [-0.3, -0.25) is 9.69 Å². The summed E-state index contributed by atoms with van der Waals surface area (Å²) in [6.07, 6.45) is 2.29. The zero-order valence-electron chi connectivity index (χ0n) is 17.3. The van der Waals surface area contributed by atoms with Crippen LogP contribution in [0.4, 0.5) is 0 Å². The van der Waals surface area contributed by atoms with Crippen molar-refractivity contribution in [3.8, 4) is 6.07 Å². The maximum Gasteiger partial charge on any atom is 0.251 e. The molecule has 0 spiro atoms. The SMILES string of the molecule is C=CCNC(=O)c1cccc(S(=O)(=O)N2CCCN(Cc3ccc(C#N)cc3)CC2)c1. The zero-order chi connectivity index (χ0) is 22.3. The Kier molecular flexibility index (Phi) is 7.58. The fourth-order valence-electron chi connectivity index (χ4n) is 3.50. The summed E-state index contributed by atoms with van der Waals surface area (Å²) in [7, 11) is -3.70. The van der Waals surface area contributed by atoms with Gasteiger partial charge in [-0.2, -0.15) is 9.57 Å². The van der Waals surface area contributed by atoms with Crippen molar-refractivity contribution in [2.45, 2.75) is 17.9 Å². The maximum atomic E-state index is 13.2. The number of carbonyl (C=O) groups excluding carboxylic acids is 1. The first-order valence-corrected chi connectivity index (χ1v) is 11.6. The number of carbonyl (C=O) groups is 1. The molecule has 0 aliphatic carbocycles. The van der Waals surface area contributed by atoms with Crippen molar-refractivity contribution in [2.24, 2.45) is 0 Å². The highest BCUT2D eigenvalue weighted by Crippen LogP contribution is 2.20. The third kappa shape index (κ3) is 5.79. The lowest BCUT2D eigenvalue weighted by Crippen LogP contribution is -2.35. The summed E-state index contributed by atoms with van der Waals surface area (Å²) in [6.45, 7) is 6.79. The number of rotatable bonds is 7. The van der Waals surface area contributed by atoms with Crippen LogP contribution in [-0.4, -0.2) is 56.3 Å². The predicted molar refractivity (Wildman–Crippen MR) is 119 cm³/mol. The Morgan fingerprint density at radius 1 is 1.13 bits per heavy atom. The first-order chi connectivity index (χ1) is 14.9. The van der Waals surface area contributed by atoms with Gasteiger partial charge in [0.15, 0.2) is 0 Å². The molecular weight excluding hydrogens is 412 g/mol. The minimum absolute atomic E-state index is 0.124. The van der Waals surface area contributed by atoms with Crippen LogP contribution in [0.3, 0.4) is 0 Å². The lowest BCUT2D eigenvalue weighted by Gasteiger charge is -2.22. The van der Waals surface area contributed by atoms with E-state index in [1.54, 1.807) is 30.3 Å². The normalized spacial score (nSPS) is 15.6. The molecule has 0 bridgehead atoms. The van der Waals surface area contributed by atoms with Crippen LogP contribution in [-0.2, 0) is 16.6 Å². The summed E-state index contributed by atoms with van der Waals surface area (Å²) < 4.78 is 27.9. The van der Waals surface area contributed by atoms with Crippen LogP contribution in [0.15, 0.2) is 66.1 Å². The van der Waals surface area contributed by atoms with Crippen LogP contribution in [0.5, 0.6) is 0 Å². The van der Waals surface area contributed by atoms with Crippen molar-refractivity contribution in [3.05, 3.63) is 77.9 Å². The Hall–Kier alpha value is -2.99. The van der Waals surface area contributed by atoms with E-state index in [-0.39, 0.29) is 10.8 Å². The molecule has 0 radical (unpaired) electrons. The number of amides is 1. The highest BCUT2D eigenvalue weighted by Gasteiger charge is 2.27. The lowest BCUT2D eigenvalue weighted by atomic mass is 10.1. The quantitative estimate of drug-likeness (QED) is 0.670. The highest BCUT2D eigenvalue weighted by atomic mass is 32.2.